The number of rotatable bonds is 6. The highest BCUT2D eigenvalue weighted by Crippen LogP contribution is 2.31. The number of para-hydroxylation sites is 2. The first-order valence-corrected chi connectivity index (χ1v) is 9.69. The Morgan fingerprint density at radius 3 is 2.67 bits per heavy atom. The van der Waals surface area contributed by atoms with Crippen LogP contribution in [-0.2, 0) is 11.3 Å². The molecule has 1 unspecified atom stereocenters. The highest BCUT2D eigenvalue weighted by atomic mass is 16.6. The van der Waals surface area contributed by atoms with Crippen molar-refractivity contribution in [3.63, 3.8) is 0 Å². The van der Waals surface area contributed by atoms with Crippen LogP contribution in [0.15, 0.2) is 54.7 Å². The van der Waals surface area contributed by atoms with E-state index in [4.69, 9.17) is 14.2 Å². The van der Waals surface area contributed by atoms with Gasteiger partial charge < -0.3 is 18.8 Å². The SMILES string of the molecule is Cc1cc(C(=O)COC(=O)c2ccccn2)c(C)n1CC1COc2ccccc2O1. The molecule has 0 saturated carbocycles. The van der Waals surface area contributed by atoms with Gasteiger partial charge in [0.1, 0.15) is 12.3 Å². The lowest BCUT2D eigenvalue weighted by atomic mass is 10.1. The Hall–Kier alpha value is -3.61. The summed E-state index contributed by atoms with van der Waals surface area (Å²) in [6.07, 6.45) is 1.33. The van der Waals surface area contributed by atoms with Crippen LogP contribution in [0.25, 0.3) is 0 Å². The maximum Gasteiger partial charge on any atom is 0.357 e. The number of Topliss-reactive ketones (excluding diaryl/α,β-unsaturated/α-hetero) is 1. The number of benzene rings is 1. The Morgan fingerprint density at radius 1 is 1.13 bits per heavy atom. The van der Waals surface area contributed by atoms with E-state index in [0.29, 0.717) is 24.5 Å². The first-order chi connectivity index (χ1) is 14.5. The average Bonchev–Trinajstić information content (AvgIpc) is 3.06. The monoisotopic (exact) mass is 406 g/mol. The van der Waals surface area contributed by atoms with Crippen molar-refractivity contribution in [1.82, 2.24) is 9.55 Å². The second kappa shape index (κ2) is 8.41. The van der Waals surface area contributed by atoms with Crippen molar-refractivity contribution in [2.24, 2.45) is 0 Å². The Kier molecular flexibility index (Phi) is 5.52. The van der Waals surface area contributed by atoms with Crippen LogP contribution in [0.2, 0.25) is 0 Å². The number of fused-ring (bicyclic) bond motifs is 1. The summed E-state index contributed by atoms with van der Waals surface area (Å²) in [5.41, 5.74) is 2.42. The van der Waals surface area contributed by atoms with Gasteiger partial charge in [-0.25, -0.2) is 9.78 Å². The molecule has 0 radical (unpaired) electrons. The van der Waals surface area contributed by atoms with Gasteiger partial charge in [-0.1, -0.05) is 18.2 Å². The molecule has 7 nitrogen and oxygen atoms in total. The molecule has 1 atom stereocenters. The van der Waals surface area contributed by atoms with Gasteiger partial charge in [-0.15, -0.1) is 0 Å². The van der Waals surface area contributed by atoms with Crippen LogP contribution in [0.5, 0.6) is 11.5 Å². The van der Waals surface area contributed by atoms with Crippen molar-refractivity contribution in [3.05, 3.63) is 77.4 Å². The van der Waals surface area contributed by atoms with E-state index in [2.05, 4.69) is 4.98 Å². The topological polar surface area (TPSA) is 79.7 Å². The second-order valence-corrected chi connectivity index (χ2v) is 7.11. The van der Waals surface area contributed by atoms with Gasteiger partial charge in [-0.2, -0.15) is 0 Å². The maximum absolute atomic E-state index is 12.7. The zero-order valence-corrected chi connectivity index (χ0v) is 16.8. The molecule has 0 amide bonds. The third kappa shape index (κ3) is 4.05. The Morgan fingerprint density at radius 2 is 1.90 bits per heavy atom. The molecule has 0 fully saturated rings. The third-order valence-corrected chi connectivity index (χ3v) is 5.04. The summed E-state index contributed by atoms with van der Waals surface area (Å²) in [6, 6.07) is 14.3. The summed E-state index contributed by atoms with van der Waals surface area (Å²) in [6.45, 7) is 4.45. The molecule has 7 heteroatoms. The van der Waals surface area contributed by atoms with E-state index in [1.54, 1.807) is 18.2 Å². The lowest BCUT2D eigenvalue weighted by molar-refractivity contribution is 0.0468. The van der Waals surface area contributed by atoms with Crippen molar-refractivity contribution >= 4 is 11.8 Å². The molecule has 3 heterocycles. The predicted octanol–water partition coefficient (Wildman–Crippen LogP) is 3.38. The highest BCUT2D eigenvalue weighted by Gasteiger charge is 2.24. The van der Waals surface area contributed by atoms with Gasteiger partial charge in [0.05, 0.1) is 6.54 Å². The zero-order chi connectivity index (χ0) is 21.1. The predicted molar refractivity (Wildman–Crippen MR) is 109 cm³/mol. The average molecular weight is 406 g/mol. The summed E-state index contributed by atoms with van der Waals surface area (Å²) in [5.74, 6) is 0.572. The largest absolute Gasteiger partial charge is 0.486 e. The van der Waals surface area contributed by atoms with Crippen LogP contribution in [0.3, 0.4) is 0 Å². The van der Waals surface area contributed by atoms with Crippen LogP contribution >= 0.6 is 0 Å². The number of pyridine rings is 1. The fraction of sp³-hybridized carbons (Fsp3) is 0.261. The molecular weight excluding hydrogens is 384 g/mol. The van der Waals surface area contributed by atoms with E-state index in [1.165, 1.54) is 6.20 Å². The smallest absolute Gasteiger partial charge is 0.357 e. The van der Waals surface area contributed by atoms with E-state index < -0.39 is 5.97 Å². The van der Waals surface area contributed by atoms with E-state index in [0.717, 1.165) is 17.1 Å². The molecule has 0 spiro atoms. The van der Waals surface area contributed by atoms with Crippen molar-refractivity contribution in [3.8, 4) is 11.5 Å². The van der Waals surface area contributed by atoms with Crippen molar-refractivity contribution in [2.45, 2.75) is 26.5 Å². The summed E-state index contributed by atoms with van der Waals surface area (Å²) in [7, 11) is 0. The number of hydrogen-bond acceptors (Lipinski definition) is 6. The molecule has 1 aliphatic rings. The molecule has 3 aromatic rings. The number of ether oxygens (including phenoxy) is 3. The second-order valence-electron chi connectivity index (χ2n) is 7.11. The van der Waals surface area contributed by atoms with E-state index in [9.17, 15) is 9.59 Å². The molecule has 1 aromatic carbocycles. The minimum atomic E-state index is -0.621. The number of carbonyl (C=O) groups excluding carboxylic acids is 2. The van der Waals surface area contributed by atoms with E-state index in [-0.39, 0.29) is 24.2 Å². The molecule has 0 aliphatic carbocycles. The molecular formula is C23H22N2O5. The number of esters is 1. The lowest BCUT2D eigenvalue weighted by Gasteiger charge is -2.27. The van der Waals surface area contributed by atoms with Crippen LogP contribution in [0, 0.1) is 13.8 Å². The van der Waals surface area contributed by atoms with Gasteiger partial charge in [0.2, 0.25) is 5.78 Å². The summed E-state index contributed by atoms with van der Waals surface area (Å²) in [4.78, 5) is 28.6. The number of nitrogens with zero attached hydrogens (tertiary/aromatic N) is 2. The molecule has 154 valence electrons. The Bertz CT molecular complexity index is 1070. The van der Waals surface area contributed by atoms with Crippen molar-refractivity contribution < 1.29 is 23.8 Å². The van der Waals surface area contributed by atoms with E-state index in [1.807, 2.05) is 48.7 Å². The molecule has 1 aliphatic heterocycles. The molecule has 4 rings (SSSR count). The van der Waals surface area contributed by atoms with Gasteiger partial charge in [-0.05, 0) is 44.2 Å². The van der Waals surface area contributed by atoms with Gasteiger partial charge in [0.25, 0.3) is 0 Å². The number of hydrogen-bond donors (Lipinski definition) is 0. The summed E-state index contributed by atoms with van der Waals surface area (Å²) in [5, 5.41) is 0. The normalized spacial score (nSPS) is 14.9. The standard InChI is InChI=1S/C23H22N2O5/c1-15-11-18(20(26)14-29-23(27)19-7-5-6-10-24-19)16(2)25(15)12-17-13-28-21-8-3-4-9-22(21)30-17/h3-11,17H,12-14H2,1-2H3. The fourth-order valence-electron chi connectivity index (χ4n) is 3.49. The lowest BCUT2D eigenvalue weighted by Crippen LogP contribution is -2.33. The van der Waals surface area contributed by atoms with Gasteiger partial charge in [0, 0.05) is 23.1 Å². The summed E-state index contributed by atoms with van der Waals surface area (Å²) < 4.78 is 19.0. The van der Waals surface area contributed by atoms with Crippen LogP contribution in [0.1, 0.15) is 32.2 Å². The quantitative estimate of drug-likeness (QED) is 0.461. The minimum absolute atomic E-state index is 0.172. The van der Waals surface area contributed by atoms with Gasteiger partial charge in [0.15, 0.2) is 24.2 Å². The molecule has 0 N–H and O–H groups in total. The Balaban J connectivity index is 1.42. The fourth-order valence-corrected chi connectivity index (χ4v) is 3.49. The van der Waals surface area contributed by atoms with Gasteiger partial charge >= 0.3 is 5.97 Å². The van der Waals surface area contributed by atoms with Crippen molar-refractivity contribution in [1.29, 1.82) is 0 Å². The molecule has 30 heavy (non-hydrogen) atoms. The maximum atomic E-state index is 12.7. The first-order valence-electron chi connectivity index (χ1n) is 9.69. The van der Waals surface area contributed by atoms with E-state index >= 15 is 0 Å². The number of aromatic nitrogens is 2. The molecule has 0 bridgehead atoms. The highest BCUT2D eigenvalue weighted by molar-refractivity contribution is 6.00. The summed E-state index contributed by atoms with van der Waals surface area (Å²) >= 11 is 0. The third-order valence-electron chi connectivity index (χ3n) is 5.04. The minimum Gasteiger partial charge on any atom is -0.486 e. The Labute approximate surface area is 174 Å². The van der Waals surface area contributed by atoms with Crippen molar-refractivity contribution in [2.75, 3.05) is 13.2 Å². The van der Waals surface area contributed by atoms with Crippen LogP contribution in [-0.4, -0.2) is 40.6 Å². The molecule has 2 aromatic heterocycles. The number of ketones is 1. The number of carbonyl (C=O) groups is 2. The zero-order valence-electron chi connectivity index (χ0n) is 16.8. The van der Waals surface area contributed by atoms with Crippen LogP contribution < -0.4 is 9.47 Å². The van der Waals surface area contributed by atoms with Crippen LogP contribution in [0.4, 0.5) is 0 Å². The first kappa shape index (κ1) is 19.7. The van der Waals surface area contributed by atoms with Gasteiger partial charge in [-0.3, -0.25) is 4.79 Å². The number of aryl methyl sites for hydroxylation is 1. The molecule has 0 saturated heterocycles.